The van der Waals surface area contributed by atoms with E-state index in [1.54, 1.807) is 0 Å². The van der Waals surface area contributed by atoms with Gasteiger partial charge in [-0.25, -0.2) is 0 Å². The van der Waals surface area contributed by atoms with Gasteiger partial charge >= 0.3 is 0 Å². The molecule has 2 heteroatoms. The number of benzene rings is 1. The van der Waals surface area contributed by atoms with Gasteiger partial charge in [-0.05, 0) is 51.9 Å². The van der Waals surface area contributed by atoms with E-state index in [1.807, 2.05) is 6.07 Å². The minimum absolute atomic E-state index is 0.776. The van der Waals surface area contributed by atoms with Gasteiger partial charge in [0.05, 0.1) is 0 Å². The third-order valence-corrected chi connectivity index (χ3v) is 3.43. The minimum atomic E-state index is 0.776. The molecule has 12 heavy (non-hydrogen) atoms. The summed E-state index contributed by atoms with van der Waals surface area (Å²) >= 11 is 3.53. The Kier molecular flexibility index (Phi) is 1.87. The lowest BCUT2D eigenvalue weighted by atomic mass is 10.1. The summed E-state index contributed by atoms with van der Waals surface area (Å²) in [6.45, 7) is 2.28. The Hall–Kier alpha value is -0.500. The van der Waals surface area contributed by atoms with Crippen LogP contribution in [0.25, 0.3) is 0 Å². The second-order valence-electron chi connectivity index (χ2n) is 3.62. The highest BCUT2D eigenvalue weighted by Crippen LogP contribution is 2.35. The molecule has 0 radical (unpaired) electrons. The normalized spacial score (nSPS) is 21.0. The van der Waals surface area contributed by atoms with E-state index >= 15 is 0 Å². The van der Waals surface area contributed by atoms with Gasteiger partial charge in [-0.1, -0.05) is 13.0 Å². The molecule has 1 aromatic carbocycles. The molecule has 1 aliphatic rings. The first-order valence-electron chi connectivity index (χ1n) is 4.24. The van der Waals surface area contributed by atoms with Crippen LogP contribution < -0.4 is 5.73 Å². The molecule has 1 unspecified atom stereocenters. The third-order valence-electron chi connectivity index (χ3n) is 2.49. The monoisotopic (exact) mass is 225 g/mol. The number of hydrogen-bond acceptors (Lipinski definition) is 1. The van der Waals surface area contributed by atoms with E-state index < -0.39 is 0 Å². The average Bonchev–Trinajstić information content (AvgIpc) is 2.39. The summed E-state index contributed by atoms with van der Waals surface area (Å²) in [5, 5.41) is 0. The molecule has 0 bridgehead atoms. The first-order valence-corrected chi connectivity index (χ1v) is 5.03. The number of anilines is 1. The van der Waals surface area contributed by atoms with E-state index in [9.17, 15) is 0 Å². The molecule has 2 N–H and O–H groups in total. The predicted octanol–water partition coefficient (Wildman–Crippen LogP) is 2.77. The first-order chi connectivity index (χ1) is 5.68. The van der Waals surface area contributed by atoms with Crippen molar-refractivity contribution in [2.75, 3.05) is 5.73 Å². The molecule has 64 valence electrons. The van der Waals surface area contributed by atoms with Crippen molar-refractivity contribution in [3.63, 3.8) is 0 Å². The van der Waals surface area contributed by atoms with E-state index in [-0.39, 0.29) is 0 Å². The smallest absolute Gasteiger partial charge is 0.0461 e. The number of fused-ring (bicyclic) bond motifs is 1. The van der Waals surface area contributed by atoms with E-state index in [4.69, 9.17) is 5.73 Å². The molecule has 0 saturated carbocycles. The van der Waals surface area contributed by atoms with E-state index in [2.05, 4.69) is 28.9 Å². The van der Waals surface area contributed by atoms with Gasteiger partial charge in [0.15, 0.2) is 0 Å². The topological polar surface area (TPSA) is 26.0 Å². The Morgan fingerprint density at radius 1 is 1.42 bits per heavy atom. The largest absolute Gasteiger partial charge is 0.398 e. The van der Waals surface area contributed by atoms with Gasteiger partial charge < -0.3 is 5.73 Å². The molecule has 0 aromatic heterocycles. The van der Waals surface area contributed by atoms with Crippen molar-refractivity contribution in [1.29, 1.82) is 0 Å². The predicted molar refractivity (Wildman–Crippen MR) is 55.1 cm³/mol. The summed E-state index contributed by atoms with van der Waals surface area (Å²) in [7, 11) is 0. The Balaban J connectivity index is 2.54. The molecule has 0 spiro atoms. The van der Waals surface area contributed by atoms with Gasteiger partial charge in [-0.2, -0.15) is 0 Å². The first kappa shape index (κ1) is 8.11. The molecular formula is C10H12BrN. The molecule has 0 heterocycles. The van der Waals surface area contributed by atoms with Gasteiger partial charge in [0.25, 0.3) is 0 Å². The summed E-state index contributed by atoms with van der Waals surface area (Å²) in [4.78, 5) is 0. The number of nitrogen functional groups attached to an aromatic ring is 1. The maximum absolute atomic E-state index is 5.79. The van der Waals surface area contributed by atoms with Gasteiger partial charge in [0, 0.05) is 10.2 Å². The van der Waals surface area contributed by atoms with Crippen LogP contribution in [0.3, 0.4) is 0 Å². The summed E-state index contributed by atoms with van der Waals surface area (Å²) in [5.41, 5.74) is 9.54. The van der Waals surface area contributed by atoms with Crippen molar-refractivity contribution in [2.24, 2.45) is 5.92 Å². The van der Waals surface area contributed by atoms with Crippen molar-refractivity contribution < 1.29 is 0 Å². The van der Waals surface area contributed by atoms with Crippen LogP contribution in [0.4, 0.5) is 5.69 Å². The zero-order valence-corrected chi connectivity index (χ0v) is 8.69. The van der Waals surface area contributed by atoms with Crippen LogP contribution in [0.15, 0.2) is 16.6 Å². The Bertz CT molecular complexity index is 320. The molecule has 0 fully saturated rings. The maximum atomic E-state index is 5.79. The fourth-order valence-electron chi connectivity index (χ4n) is 1.89. The number of halogens is 1. The van der Waals surface area contributed by atoms with Crippen molar-refractivity contribution >= 4 is 21.6 Å². The molecular weight excluding hydrogens is 214 g/mol. The molecule has 0 aliphatic heterocycles. The molecule has 1 atom stereocenters. The van der Waals surface area contributed by atoms with Crippen molar-refractivity contribution in [1.82, 2.24) is 0 Å². The van der Waals surface area contributed by atoms with Crippen LogP contribution >= 0.6 is 15.9 Å². The van der Waals surface area contributed by atoms with Crippen LogP contribution in [-0.2, 0) is 12.8 Å². The van der Waals surface area contributed by atoms with Gasteiger partial charge in [-0.3, -0.25) is 0 Å². The molecule has 2 rings (SSSR count). The van der Waals surface area contributed by atoms with Gasteiger partial charge in [0.2, 0.25) is 0 Å². The number of nitrogens with two attached hydrogens (primary N) is 1. The standard InChI is InChI=1S/C10H12BrN/c1-6-4-7-2-3-9(12)10(11)8(7)5-6/h2-3,6H,4-5,12H2,1H3. The summed E-state index contributed by atoms with van der Waals surface area (Å²) in [6, 6.07) is 4.14. The third kappa shape index (κ3) is 1.14. The van der Waals surface area contributed by atoms with Gasteiger partial charge in [0.1, 0.15) is 0 Å². The SMILES string of the molecule is CC1Cc2ccc(N)c(Br)c2C1. The summed E-state index contributed by atoms with van der Waals surface area (Å²) in [6.07, 6.45) is 2.37. The quantitative estimate of drug-likeness (QED) is 0.676. The average molecular weight is 226 g/mol. The lowest BCUT2D eigenvalue weighted by Gasteiger charge is -2.04. The maximum Gasteiger partial charge on any atom is 0.0461 e. The highest BCUT2D eigenvalue weighted by atomic mass is 79.9. The molecule has 0 amide bonds. The lowest BCUT2D eigenvalue weighted by Crippen LogP contribution is -1.92. The molecule has 1 nitrogen and oxygen atoms in total. The second kappa shape index (κ2) is 2.77. The Morgan fingerprint density at radius 3 is 2.92 bits per heavy atom. The Morgan fingerprint density at radius 2 is 2.17 bits per heavy atom. The van der Waals surface area contributed by atoms with Crippen molar-refractivity contribution in [3.05, 3.63) is 27.7 Å². The Labute approximate surface area is 81.1 Å². The van der Waals surface area contributed by atoms with Crippen LogP contribution in [0, 0.1) is 5.92 Å². The number of rotatable bonds is 0. The fraction of sp³-hybridized carbons (Fsp3) is 0.400. The fourth-order valence-corrected chi connectivity index (χ4v) is 2.44. The van der Waals surface area contributed by atoms with Crippen LogP contribution in [0.1, 0.15) is 18.1 Å². The summed E-state index contributed by atoms with van der Waals surface area (Å²) in [5.74, 6) is 0.776. The zero-order valence-electron chi connectivity index (χ0n) is 7.10. The highest BCUT2D eigenvalue weighted by molar-refractivity contribution is 9.10. The van der Waals surface area contributed by atoms with Crippen LogP contribution in [0.5, 0.6) is 0 Å². The second-order valence-corrected chi connectivity index (χ2v) is 4.41. The highest BCUT2D eigenvalue weighted by Gasteiger charge is 2.20. The number of hydrogen-bond donors (Lipinski definition) is 1. The van der Waals surface area contributed by atoms with Crippen molar-refractivity contribution in [2.45, 2.75) is 19.8 Å². The zero-order chi connectivity index (χ0) is 8.72. The molecule has 0 saturated heterocycles. The van der Waals surface area contributed by atoms with E-state index in [1.165, 1.54) is 24.0 Å². The van der Waals surface area contributed by atoms with Crippen LogP contribution in [0.2, 0.25) is 0 Å². The minimum Gasteiger partial charge on any atom is -0.398 e. The molecule has 1 aliphatic carbocycles. The van der Waals surface area contributed by atoms with E-state index in [0.29, 0.717) is 0 Å². The summed E-state index contributed by atoms with van der Waals surface area (Å²) < 4.78 is 1.12. The van der Waals surface area contributed by atoms with E-state index in [0.717, 1.165) is 16.1 Å². The molecule has 1 aromatic rings. The van der Waals surface area contributed by atoms with Crippen LogP contribution in [-0.4, -0.2) is 0 Å². The lowest BCUT2D eigenvalue weighted by molar-refractivity contribution is 0.627. The van der Waals surface area contributed by atoms with Crippen molar-refractivity contribution in [3.8, 4) is 0 Å². The van der Waals surface area contributed by atoms with Gasteiger partial charge in [-0.15, -0.1) is 0 Å².